The van der Waals surface area contributed by atoms with Gasteiger partial charge in [-0.2, -0.15) is 0 Å². The van der Waals surface area contributed by atoms with Gasteiger partial charge in [0.1, 0.15) is 11.2 Å². The average molecular weight is 708 g/mol. The molecule has 2 aromatic heterocycles. The SMILES string of the molecule is CC1(C)c2ccccc2-c2cc3c(cc21)oc1ccc(-c2ccc(-c4nc(-c5ccccc5)nc(-c5cccc6c5-c5ccccc5C6(C)C)n4)cc2)cc13. The summed E-state index contributed by atoms with van der Waals surface area (Å²) in [4.78, 5) is 15.4. The Balaban J connectivity index is 1.01. The fraction of sp³-hybridized carbons (Fsp3) is 0.118. The Kier molecular flexibility index (Phi) is 6.61. The molecule has 55 heavy (non-hydrogen) atoms. The smallest absolute Gasteiger partial charge is 0.164 e. The number of rotatable bonds is 4. The highest BCUT2D eigenvalue weighted by molar-refractivity contribution is 6.09. The summed E-state index contributed by atoms with van der Waals surface area (Å²) in [7, 11) is 0. The number of furan rings is 1. The van der Waals surface area contributed by atoms with Gasteiger partial charge in [-0.05, 0) is 79.9 Å². The highest BCUT2D eigenvalue weighted by Crippen LogP contribution is 2.52. The van der Waals surface area contributed by atoms with Gasteiger partial charge in [0.2, 0.25) is 0 Å². The Bertz CT molecular complexity index is 3030. The molecule has 7 aromatic carbocycles. The van der Waals surface area contributed by atoms with Gasteiger partial charge >= 0.3 is 0 Å². The molecule has 262 valence electrons. The second-order valence-electron chi connectivity index (χ2n) is 16.0. The maximum Gasteiger partial charge on any atom is 0.164 e. The van der Waals surface area contributed by atoms with Crippen molar-refractivity contribution >= 4 is 21.9 Å². The van der Waals surface area contributed by atoms with Crippen LogP contribution in [-0.2, 0) is 10.8 Å². The van der Waals surface area contributed by atoms with Crippen LogP contribution in [0.4, 0.5) is 0 Å². The van der Waals surface area contributed by atoms with Crippen molar-refractivity contribution in [1.29, 1.82) is 0 Å². The molecule has 2 heterocycles. The molecule has 0 bridgehead atoms. The van der Waals surface area contributed by atoms with Gasteiger partial charge in [-0.1, -0.05) is 155 Å². The van der Waals surface area contributed by atoms with Crippen LogP contribution in [0.5, 0.6) is 0 Å². The van der Waals surface area contributed by atoms with E-state index in [1.807, 2.05) is 18.2 Å². The third-order valence-corrected chi connectivity index (χ3v) is 12.2. The maximum atomic E-state index is 6.47. The summed E-state index contributed by atoms with van der Waals surface area (Å²) >= 11 is 0. The lowest BCUT2D eigenvalue weighted by atomic mass is 9.82. The van der Waals surface area contributed by atoms with E-state index in [1.165, 1.54) is 44.5 Å². The second kappa shape index (κ2) is 11.4. The van der Waals surface area contributed by atoms with Crippen LogP contribution in [0, 0.1) is 0 Å². The lowest BCUT2D eigenvalue weighted by Crippen LogP contribution is -2.14. The Labute approximate surface area is 320 Å². The van der Waals surface area contributed by atoms with Gasteiger partial charge < -0.3 is 4.42 Å². The van der Waals surface area contributed by atoms with Crippen LogP contribution in [0.1, 0.15) is 49.9 Å². The lowest BCUT2D eigenvalue weighted by Gasteiger charge is -2.21. The van der Waals surface area contributed by atoms with Crippen LogP contribution in [0.25, 0.3) is 89.5 Å². The number of nitrogens with zero attached hydrogens (tertiary/aromatic N) is 3. The molecule has 0 spiro atoms. The highest BCUT2D eigenvalue weighted by atomic mass is 16.3. The molecular weight excluding hydrogens is 671 g/mol. The molecule has 0 saturated heterocycles. The van der Waals surface area contributed by atoms with Crippen LogP contribution in [0.15, 0.2) is 156 Å². The summed E-state index contributed by atoms with van der Waals surface area (Å²) < 4.78 is 6.47. The molecule has 4 nitrogen and oxygen atoms in total. The zero-order valence-electron chi connectivity index (χ0n) is 31.2. The summed E-state index contributed by atoms with van der Waals surface area (Å²) in [5, 5.41) is 2.26. The Hall–Kier alpha value is -6.65. The van der Waals surface area contributed by atoms with Crippen LogP contribution in [-0.4, -0.2) is 15.0 Å². The zero-order valence-corrected chi connectivity index (χ0v) is 31.2. The van der Waals surface area contributed by atoms with Crippen molar-refractivity contribution in [3.05, 3.63) is 174 Å². The molecule has 0 saturated carbocycles. The molecule has 2 aliphatic carbocycles. The predicted octanol–water partition coefficient (Wildman–Crippen LogP) is 13.1. The Morgan fingerprint density at radius 3 is 1.67 bits per heavy atom. The first kappa shape index (κ1) is 31.8. The topological polar surface area (TPSA) is 51.8 Å². The summed E-state index contributed by atoms with van der Waals surface area (Å²) in [6, 6.07) is 53.9. The van der Waals surface area contributed by atoms with Crippen LogP contribution >= 0.6 is 0 Å². The molecule has 0 atom stereocenters. The number of benzene rings is 7. The van der Waals surface area contributed by atoms with Gasteiger partial charge in [-0.3, -0.25) is 0 Å². The number of hydrogen-bond acceptors (Lipinski definition) is 4. The minimum absolute atomic E-state index is 0.0728. The van der Waals surface area contributed by atoms with E-state index in [4.69, 9.17) is 19.4 Å². The molecule has 2 aliphatic rings. The van der Waals surface area contributed by atoms with Crippen molar-refractivity contribution in [1.82, 2.24) is 15.0 Å². The van der Waals surface area contributed by atoms with Crippen LogP contribution < -0.4 is 0 Å². The van der Waals surface area contributed by atoms with Gasteiger partial charge in [0.15, 0.2) is 17.5 Å². The van der Waals surface area contributed by atoms with Crippen LogP contribution in [0.2, 0.25) is 0 Å². The van der Waals surface area contributed by atoms with Gasteiger partial charge in [0.05, 0.1) is 0 Å². The summed E-state index contributed by atoms with van der Waals surface area (Å²) in [5.74, 6) is 1.97. The number of aromatic nitrogens is 3. The molecular formula is C51H37N3O. The zero-order chi connectivity index (χ0) is 37.1. The monoisotopic (exact) mass is 707 g/mol. The molecule has 9 aromatic rings. The first-order valence-electron chi connectivity index (χ1n) is 19.0. The van der Waals surface area contributed by atoms with E-state index < -0.39 is 0 Å². The fourth-order valence-corrected chi connectivity index (χ4v) is 9.24. The van der Waals surface area contributed by atoms with Gasteiger partial charge in [0, 0.05) is 38.3 Å². The molecule has 0 fully saturated rings. The van der Waals surface area contributed by atoms with Gasteiger partial charge in [-0.15, -0.1) is 0 Å². The molecule has 0 aliphatic heterocycles. The largest absolute Gasteiger partial charge is 0.456 e. The van der Waals surface area contributed by atoms with E-state index in [0.717, 1.165) is 49.8 Å². The van der Waals surface area contributed by atoms with E-state index in [9.17, 15) is 0 Å². The first-order chi connectivity index (χ1) is 26.8. The molecule has 0 amide bonds. The van der Waals surface area contributed by atoms with Crippen molar-refractivity contribution in [3.8, 4) is 67.5 Å². The second-order valence-corrected chi connectivity index (χ2v) is 16.0. The Morgan fingerprint density at radius 1 is 0.364 bits per heavy atom. The third-order valence-electron chi connectivity index (χ3n) is 12.2. The Morgan fingerprint density at radius 2 is 0.909 bits per heavy atom. The molecule has 4 heteroatoms. The number of hydrogen-bond donors (Lipinski definition) is 0. The van der Waals surface area contributed by atoms with E-state index in [0.29, 0.717) is 17.5 Å². The van der Waals surface area contributed by atoms with E-state index >= 15 is 0 Å². The minimum Gasteiger partial charge on any atom is -0.456 e. The quantitative estimate of drug-likeness (QED) is 0.183. The van der Waals surface area contributed by atoms with Crippen molar-refractivity contribution < 1.29 is 4.42 Å². The maximum absolute atomic E-state index is 6.47. The minimum atomic E-state index is -0.121. The van der Waals surface area contributed by atoms with Crippen molar-refractivity contribution in [2.24, 2.45) is 0 Å². The van der Waals surface area contributed by atoms with Crippen LogP contribution in [0.3, 0.4) is 0 Å². The van der Waals surface area contributed by atoms with Gasteiger partial charge in [0.25, 0.3) is 0 Å². The fourth-order valence-electron chi connectivity index (χ4n) is 9.24. The summed E-state index contributed by atoms with van der Waals surface area (Å²) in [6.07, 6.45) is 0. The van der Waals surface area contributed by atoms with E-state index in [2.05, 4.69) is 161 Å². The normalized spacial score (nSPS) is 14.5. The lowest BCUT2D eigenvalue weighted by molar-refractivity contribution is 0.647. The third kappa shape index (κ3) is 4.67. The van der Waals surface area contributed by atoms with Crippen molar-refractivity contribution in [2.45, 2.75) is 38.5 Å². The highest BCUT2D eigenvalue weighted by Gasteiger charge is 2.38. The molecule has 0 radical (unpaired) electrons. The molecule has 11 rings (SSSR count). The average Bonchev–Trinajstić information content (AvgIpc) is 3.79. The standard InChI is InChI=1S/C51H37N3O/c1-50(2)41-19-11-9-16-35(41)46-36(17-12-20-42(46)50)49-53-47(31-13-6-5-7-14-31)52-48(54-49)32-23-21-30(22-24-32)33-25-26-44-38(27-33)39-28-37-34-15-8-10-18-40(34)51(3,4)43(37)29-45(39)55-44/h5-29H,1-4H3. The summed E-state index contributed by atoms with van der Waals surface area (Å²) in [5.41, 5.74) is 17.1. The molecule has 0 unspecified atom stereocenters. The predicted molar refractivity (Wildman–Crippen MR) is 224 cm³/mol. The number of fused-ring (bicyclic) bond motifs is 9. The van der Waals surface area contributed by atoms with E-state index in [1.54, 1.807) is 0 Å². The first-order valence-corrected chi connectivity index (χ1v) is 19.0. The van der Waals surface area contributed by atoms with E-state index in [-0.39, 0.29) is 10.8 Å². The van der Waals surface area contributed by atoms with Crippen molar-refractivity contribution in [3.63, 3.8) is 0 Å². The van der Waals surface area contributed by atoms with Crippen molar-refractivity contribution in [2.75, 3.05) is 0 Å². The molecule has 0 N–H and O–H groups in total. The summed E-state index contributed by atoms with van der Waals surface area (Å²) in [6.45, 7) is 9.22. The van der Waals surface area contributed by atoms with Gasteiger partial charge in [-0.25, -0.2) is 15.0 Å².